The van der Waals surface area contributed by atoms with Crippen LogP contribution in [0.1, 0.15) is 26.3 Å². The Morgan fingerprint density at radius 2 is 1.55 bits per heavy atom. The van der Waals surface area contributed by atoms with E-state index in [1.807, 2.05) is 0 Å². The van der Waals surface area contributed by atoms with Gasteiger partial charge >= 0.3 is 5.97 Å². The van der Waals surface area contributed by atoms with Crippen molar-refractivity contribution >= 4 is 17.8 Å². The summed E-state index contributed by atoms with van der Waals surface area (Å²) in [7, 11) is 0. The maximum atomic E-state index is 12.3. The van der Waals surface area contributed by atoms with Gasteiger partial charge in [0.15, 0.2) is 5.76 Å². The Hall–Kier alpha value is -2.88. The number of esters is 1. The Labute approximate surface area is 114 Å². The van der Waals surface area contributed by atoms with Crippen LogP contribution in [-0.4, -0.2) is 16.9 Å². The number of aromatic hydroxyl groups is 1. The third-order valence-corrected chi connectivity index (χ3v) is 3.04. The number of rotatable bonds is 1. The van der Waals surface area contributed by atoms with E-state index in [1.54, 1.807) is 42.5 Å². The number of hydrogen-bond donors (Lipinski definition) is 1. The highest BCUT2D eigenvalue weighted by Crippen LogP contribution is 2.26. The molecular formula is C16H10O4. The van der Waals surface area contributed by atoms with Gasteiger partial charge in [-0.3, -0.25) is 4.79 Å². The number of para-hydroxylation sites is 1. The lowest BCUT2D eigenvalue weighted by Crippen LogP contribution is -2.22. The molecule has 98 valence electrons. The molecule has 0 saturated carbocycles. The highest BCUT2D eigenvalue weighted by Gasteiger charge is 2.29. The lowest BCUT2D eigenvalue weighted by Gasteiger charge is -2.16. The molecule has 3 rings (SSSR count). The fourth-order valence-corrected chi connectivity index (χ4v) is 2.04. The molecule has 4 heteroatoms. The normalized spacial score (nSPS) is 15.9. The van der Waals surface area contributed by atoms with E-state index in [2.05, 4.69) is 0 Å². The molecule has 0 saturated heterocycles. The number of carbonyl (C=O) groups excluding carboxylic acids is 2. The average Bonchev–Trinajstić information content (AvgIpc) is 2.47. The lowest BCUT2D eigenvalue weighted by molar-refractivity contribution is 0.0567. The van der Waals surface area contributed by atoms with Crippen LogP contribution < -0.4 is 0 Å². The van der Waals surface area contributed by atoms with Crippen LogP contribution in [0.25, 0.3) is 6.08 Å². The van der Waals surface area contributed by atoms with Gasteiger partial charge < -0.3 is 9.84 Å². The van der Waals surface area contributed by atoms with Gasteiger partial charge in [0.1, 0.15) is 5.75 Å². The van der Waals surface area contributed by atoms with Crippen molar-refractivity contribution in [3.8, 4) is 5.75 Å². The number of phenols is 1. The molecule has 2 aromatic carbocycles. The molecule has 0 amide bonds. The predicted molar refractivity (Wildman–Crippen MR) is 72.3 cm³/mol. The molecule has 4 nitrogen and oxygen atoms in total. The van der Waals surface area contributed by atoms with Gasteiger partial charge in [0.25, 0.3) is 0 Å². The first-order valence-electron chi connectivity index (χ1n) is 6.02. The van der Waals surface area contributed by atoms with Crippen molar-refractivity contribution in [1.29, 1.82) is 0 Å². The SMILES string of the molecule is O=C1O/C(=C\c2ccccc2O)C(=O)c2ccccc21. The number of allylic oxidation sites excluding steroid dienone is 1. The first-order chi connectivity index (χ1) is 9.66. The van der Waals surface area contributed by atoms with E-state index in [9.17, 15) is 14.7 Å². The van der Waals surface area contributed by atoms with E-state index in [0.717, 1.165) is 0 Å². The van der Waals surface area contributed by atoms with E-state index in [0.29, 0.717) is 11.1 Å². The Balaban J connectivity index is 2.08. The zero-order chi connectivity index (χ0) is 14.1. The smallest absolute Gasteiger partial charge is 0.344 e. The number of carbonyl (C=O) groups is 2. The van der Waals surface area contributed by atoms with Gasteiger partial charge in [0.2, 0.25) is 5.78 Å². The summed E-state index contributed by atoms with van der Waals surface area (Å²) >= 11 is 0. The number of ether oxygens (including phenoxy) is 1. The molecule has 0 unspecified atom stereocenters. The van der Waals surface area contributed by atoms with Crippen LogP contribution in [-0.2, 0) is 4.74 Å². The van der Waals surface area contributed by atoms with Crippen LogP contribution in [0.15, 0.2) is 54.3 Å². The van der Waals surface area contributed by atoms with Crippen LogP contribution >= 0.6 is 0 Å². The second-order valence-corrected chi connectivity index (χ2v) is 4.33. The molecule has 1 heterocycles. The topological polar surface area (TPSA) is 63.6 Å². The highest BCUT2D eigenvalue weighted by molar-refractivity contribution is 6.19. The first kappa shape index (κ1) is 12.2. The van der Waals surface area contributed by atoms with E-state index in [1.165, 1.54) is 12.1 Å². The summed E-state index contributed by atoms with van der Waals surface area (Å²) < 4.78 is 5.05. The summed E-state index contributed by atoms with van der Waals surface area (Å²) in [5.74, 6) is -1.01. The van der Waals surface area contributed by atoms with E-state index >= 15 is 0 Å². The second-order valence-electron chi connectivity index (χ2n) is 4.33. The van der Waals surface area contributed by atoms with Crippen molar-refractivity contribution in [3.63, 3.8) is 0 Å². The van der Waals surface area contributed by atoms with Crippen molar-refractivity contribution in [2.75, 3.05) is 0 Å². The van der Waals surface area contributed by atoms with Crippen LogP contribution in [0.5, 0.6) is 5.75 Å². The molecule has 0 radical (unpaired) electrons. The molecule has 1 aliphatic heterocycles. The Bertz CT molecular complexity index is 744. The summed E-state index contributed by atoms with van der Waals surface area (Å²) in [4.78, 5) is 24.1. The minimum atomic E-state index is -0.568. The minimum absolute atomic E-state index is 0.0164. The molecule has 0 aliphatic carbocycles. The van der Waals surface area contributed by atoms with Crippen LogP contribution in [0.4, 0.5) is 0 Å². The summed E-state index contributed by atoms with van der Waals surface area (Å²) in [5.41, 5.74) is 0.986. The van der Waals surface area contributed by atoms with Gasteiger partial charge in [0, 0.05) is 11.1 Å². The number of Topliss-reactive ketones (excluding diaryl/α,β-unsaturated/α-hetero) is 1. The zero-order valence-corrected chi connectivity index (χ0v) is 10.4. The predicted octanol–water partition coefficient (Wildman–Crippen LogP) is 2.79. The molecule has 0 aromatic heterocycles. The Kier molecular flexibility index (Phi) is 2.84. The van der Waals surface area contributed by atoms with E-state index in [-0.39, 0.29) is 22.9 Å². The van der Waals surface area contributed by atoms with E-state index < -0.39 is 5.97 Å². The zero-order valence-electron chi connectivity index (χ0n) is 10.4. The number of hydrogen-bond acceptors (Lipinski definition) is 4. The standard InChI is InChI=1S/C16H10O4/c17-13-8-4-1-5-10(13)9-14-15(18)11-6-2-3-7-12(11)16(19)20-14/h1-9,17H/b14-9-. The second kappa shape index (κ2) is 4.66. The molecule has 1 aliphatic rings. The maximum Gasteiger partial charge on any atom is 0.344 e. The number of phenolic OH excluding ortho intramolecular Hbond substituents is 1. The molecule has 0 bridgehead atoms. The average molecular weight is 266 g/mol. The fraction of sp³-hybridized carbons (Fsp3) is 0. The van der Waals surface area contributed by atoms with Crippen LogP contribution in [0, 0.1) is 0 Å². The van der Waals surface area contributed by atoms with Crippen molar-refractivity contribution in [2.24, 2.45) is 0 Å². The molecule has 2 aromatic rings. The summed E-state index contributed by atoms with van der Waals surface area (Å²) in [6, 6.07) is 13.0. The highest BCUT2D eigenvalue weighted by atomic mass is 16.5. The van der Waals surface area contributed by atoms with Crippen molar-refractivity contribution in [2.45, 2.75) is 0 Å². The number of benzene rings is 2. The summed E-state index contributed by atoms with van der Waals surface area (Å²) in [6.45, 7) is 0. The molecular weight excluding hydrogens is 256 g/mol. The van der Waals surface area contributed by atoms with Crippen LogP contribution in [0.3, 0.4) is 0 Å². The quantitative estimate of drug-likeness (QED) is 0.636. The van der Waals surface area contributed by atoms with Crippen molar-refractivity contribution < 1.29 is 19.4 Å². The maximum absolute atomic E-state index is 12.3. The first-order valence-corrected chi connectivity index (χ1v) is 6.02. The largest absolute Gasteiger partial charge is 0.507 e. The van der Waals surface area contributed by atoms with Gasteiger partial charge in [-0.05, 0) is 18.2 Å². The van der Waals surface area contributed by atoms with Crippen molar-refractivity contribution in [3.05, 3.63) is 71.0 Å². The Morgan fingerprint density at radius 3 is 2.30 bits per heavy atom. The van der Waals surface area contributed by atoms with Gasteiger partial charge in [-0.1, -0.05) is 36.4 Å². The molecule has 0 spiro atoms. The molecule has 0 fully saturated rings. The van der Waals surface area contributed by atoms with Gasteiger partial charge in [-0.2, -0.15) is 0 Å². The number of fused-ring (bicyclic) bond motifs is 1. The third-order valence-electron chi connectivity index (χ3n) is 3.04. The Morgan fingerprint density at radius 1 is 0.900 bits per heavy atom. The fourth-order valence-electron chi connectivity index (χ4n) is 2.04. The molecule has 20 heavy (non-hydrogen) atoms. The molecule has 1 N–H and O–H groups in total. The van der Waals surface area contributed by atoms with Gasteiger partial charge in [-0.15, -0.1) is 0 Å². The van der Waals surface area contributed by atoms with E-state index in [4.69, 9.17) is 4.74 Å². The van der Waals surface area contributed by atoms with Gasteiger partial charge in [0.05, 0.1) is 5.56 Å². The number of cyclic esters (lactones) is 1. The van der Waals surface area contributed by atoms with Crippen molar-refractivity contribution in [1.82, 2.24) is 0 Å². The minimum Gasteiger partial charge on any atom is -0.507 e. The van der Waals surface area contributed by atoms with Gasteiger partial charge in [-0.25, -0.2) is 4.79 Å². The monoisotopic (exact) mass is 266 g/mol. The lowest BCUT2D eigenvalue weighted by atomic mass is 9.99. The summed E-state index contributed by atoms with van der Waals surface area (Å²) in [6.07, 6.45) is 1.37. The number of ketones is 1. The summed E-state index contributed by atoms with van der Waals surface area (Å²) in [5, 5.41) is 9.69. The van der Waals surface area contributed by atoms with Crippen LogP contribution in [0.2, 0.25) is 0 Å². The third kappa shape index (κ3) is 1.97. The molecule has 0 atom stereocenters.